The molecule has 1 N–H and O–H groups in total. The zero-order valence-electron chi connectivity index (χ0n) is 18.0. The van der Waals surface area contributed by atoms with Crippen LogP contribution in [0.2, 0.25) is 0 Å². The molecule has 0 spiro atoms. The van der Waals surface area contributed by atoms with Gasteiger partial charge >= 0.3 is 0 Å². The van der Waals surface area contributed by atoms with Crippen LogP contribution in [-0.4, -0.2) is 37.1 Å². The number of furan rings is 2. The van der Waals surface area contributed by atoms with E-state index < -0.39 is 0 Å². The average molecular weight is 421 g/mol. The van der Waals surface area contributed by atoms with E-state index in [1.807, 2.05) is 31.2 Å². The average Bonchev–Trinajstić information content (AvgIpc) is 3.53. The first-order valence-electron chi connectivity index (χ1n) is 11.0. The van der Waals surface area contributed by atoms with E-state index in [4.69, 9.17) is 8.83 Å². The molecule has 0 aromatic carbocycles. The van der Waals surface area contributed by atoms with E-state index in [-0.39, 0.29) is 0 Å². The number of likely N-dealkylation sites (tertiary alicyclic amines) is 1. The lowest BCUT2D eigenvalue weighted by Gasteiger charge is -2.34. The molecule has 1 aliphatic rings. The van der Waals surface area contributed by atoms with Crippen LogP contribution in [0.5, 0.6) is 0 Å². The first-order valence-corrected chi connectivity index (χ1v) is 11.0. The molecule has 1 aliphatic heterocycles. The van der Waals surface area contributed by atoms with E-state index in [2.05, 4.69) is 38.3 Å². The van der Waals surface area contributed by atoms with Gasteiger partial charge in [-0.05, 0) is 57.0 Å². The Morgan fingerprint density at radius 2 is 2.06 bits per heavy atom. The molecule has 5 rings (SSSR count). The highest BCUT2D eigenvalue weighted by molar-refractivity contribution is 5.53. The summed E-state index contributed by atoms with van der Waals surface area (Å²) in [5, 5.41) is 7.98. The van der Waals surface area contributed by atoms with Gasteiger partial charge < -0.3 is 14.2 Å². The molecule has 1 fully saturated rings. The van der Waals surface area contributed by atoms with Crippen LogP contribution in [0.15, 0.2) is 45.4 Å². The normalized spacial score (nSPS) is 17.4. The van der Waals surface area contributed by atoms with Crippen LogP contribution >= 0.6 is 0 Å². The van der Waals surface area contributed by atoms with Gasteiger partial charge in [-0.15, -0.1) is 5.10 Å². The van der Waals surface area contributed by atoms with E-state index in [1.54, 1.807) is 10.8 Å². The maximum atomic E-state index is 6.13. The number of rotatable bonds is 7. The highest BCUT2D eigenvalue weighted by Crippen LogP contribution is 2.23. The maximum Gasteiger partial charge on any atom is 0.254 e. The lowest BCUT2D eigenvalue weighted by atomic mass is 10.00. The van der Waals surface area contributed by atoms with Crippen molar-refractivity contribution >= 4 is 11.6 Å². The second kappa shape index (κ2) is 8.55. The minimum atomic E-state index is 0.512. The summed E-state index contributed by atoms with van der Waals surface area (Å²) in [5.74, 6) is 4.40. The Balaban J connectivity index is 1.30. The molecule has 0 unspecified atom stereocenters. The van der Waals surface area contributed by atoms with Crippen LogP contribution in [0.4, 0.5) is 5.82 Å². The Bertz CT molecular complexity index is 1150. The molecule has 4 aromatic rings. The number of fused-ring (bicyclic) bond motifs is 1. The second-order valence-electron chi connectivity index (χ2n) is 8.16. The second-order valence-corrected chi connectivity index (χ2v) is 8.16. The fourth-order valence-corrected chi connectivity index (χ4v) is 4.33. The summed E-state index contributed by atoms with van der Waals surface area (Å²) < 4.78 is 13.3. The SMILES string of the molecule is CC[C@@H]1CCCCN1Cc1ccc(CNc2cc(C)nc3nc(-c4ccco4)nn23)o1. The number of nitrogens with one attached hydrogen (secondary N) is 1. The summed E-state index contributed by atoms with van der Waals surface area (Å²) in [6, 6.07) is 10.4. The number of nitrogens with zero attached hydrogens (tertiary/aromatic N) is 5. The number of hydrogen-bond donors (Lipinski definition) is 1. The van der Waals surface area contributed by atoms with Crippen LogP contribution in [0.3, 0.4) is 0 Å². The Hall–Kier alpha value is -3.13. The van der Waals surface area contributed by atoms with Crippen molar-refractivity contribution in [1.29, 1.82) is 0 Å². The fourth-order valence-electron chi connectivity index (χ4n) is 4.33. The van der Waals surface area contributed by atoms with Crippen molar-refractivity contribution in [3.8, 4) is 11.6 Å². The van der Waals surface area contributed by atoms with Crippen molar-refractivity contribution in [3.05, 3.63) is 53.8 Å². The van der Waals surface area contributed by atoms with Crippen molar-refractivity contribution in [2.45, 2.75) is 58.7 Å². The Morgan fingerprint density at radius 3 is 2.90 bits per heavy atom. The third-order valence-corrected chi connectivity index (χ3v) is 5.92. The van der Waals surface area contributed by atoms with Crippen LogP contribution in [-0.2, 0) is 13.1 Å². The molecule has 8 heteroatoms. The summed E-state index contributed by atoms with van der Waals surface area (Å²) in [6.45, 7) is 6.82. The molecule has 1 saturated heterocycles. The van der Waals surface area contributed by atoms with Crippen LogP contribution in [0, 0.1) is 6.92 Å². The fraction of sp³-hybridized carbons (Fsp3) is 0.435. The van der Waals surface area contributed by atoms with E-state index in [9.17, 15) is 0 Å². The third kappa shape index (κ3) is 4.20. The highest BCUT2D eigenvalue weighted by Gasteiger charge is 2.22. The van der Waals surface area contributed by atoms with Gasteiger partial charge in [0.2, 0.25) is 5.82 Å². The minimum Gasteiger partial charge on any atom is -0.463 e. The summed E-state index contributed by atoms with van der Waals surface area (Å²) >= 11 is 0. The molecule has 31 heavy (non-hydrogen) atoms. The van der Waals surface area contributed by atoms with Crippen LogP contribution < -0.4 is 5.32 Å². The summed E-state index contributed by atoms with van der Waals surface area (Å²) in [5.41, 5.74) is 0.865. The number of piperidine rings is 1. The van der Waals surface area contributed by atoms with Crippen LogP contribution in [0.1, 0.15) is 49.8 Å². The van der Waals surface area contributed by atoms with Gasteiger partial charge in [0.15, 0.2) is 5.76 Å². The minimum absolute atomic E-state index is 0.512. The zero-order chi connectivity index (χ0) is 21.2. The molecule has 4 aromatic heterocycles. The van der Waals surface area contributed by atoms with Gasteiger partial charge in [-0.1, -0.05) is 13.3 Å². The van der Waals surface area contributed by atoms with Gasteiger partial charge in [0.05, 0.1) is 19.4 Å². The molecule has 162 valence electrons. The first-order chi connectivity index (χ1) is 15.2. The summed E-state index contributed by atoms with van der Waals surface area (Å²) in [4.78, 5) is 11.5. The predicted octanol–water partition coefficient (Wildman–Crippen LogP) is 4.66. The van der Waals surface area contributed by atoms with E-state index in [0.29, 0.717) is 29.9 Å². The topological polar surface area (TPSA) is 84.6 Å². The molecule has 0 radical (unpaired) electrons. The first kappa shape index (κ1) is 19.8. The lowest BCUT2D eigenvalue weighted by Crippen LogP contribution is -2.38. The monoisotopic (exact) mass is 420 g/mol. The van der Waals surface area contributed by atoms with Crippen molar-refractivity contribution < 1.29 is 8.83 Å². The Labute approximate surface area is 181 Å². The van der Waals surface area contributed by atoms with Gasteiger partial charge in [-0.2, -0.15) is 9.50 Å². The van der Waals surface area contributed by atoms with Gasteiger partial charge in [-0.25, -0.2) is 4.98 Å². The Kier molecular flexibility index (Phi) is 5.46. The van der Waals surface area contributed by atoms with E-state index >= 15 is 0 Å². The number of aryl methyl sites for hydroxylation is 1. The largest absolute Gasteiger partial charge is 0.463 e. The quantitative estimate of drug-likeness (QED) is 0.465. The number of anilines is 1. The zero-order valence-corrected chi connectivity index (χ0v) is 18.0. The molecule has 5 heterocycles. The maximum absolute atomic E-state index is 6.13. The molecular formula is C23H28N6O2. The van der Waals surface area contributed by atoms with Gasteiger partial charge in [0.25, 0.3) is 5.78 Å². The third-order valence-electron chi connectivity index (χ3n) is 5.92. The molecule has 1 atom stereocenters. The smallest absolute Gasteiger partial charge is 0.254 e. The van der Waals surface area contributed by atoms with E-state index in [0.717, 1.165) is 36.1 Å². The lowest BCUT2D eigenvalue weighted by molar-refractivity contribution is 0.126. The highest BCUT2D eigenvalue weighted by atomic mass is 16.3. The molecule has 0 bridgehead atoms. The standard InChI is InChI=1S/C23H28N6O2/c1-3-17-7-4-5-11-28(17)15-19-10-9-18(31-19)14-24-21-13-16(2)25-23-26-22(27-29(21)23)20-8-6-12-30-20/h6,8-10,12-13,17,24H,3-5,7,11,14-15H2,1-2H3/t17-/m1/s1. The van der Waals surface area contributed by atoms with Crippen molar-refractivity contribution in [3.63, 3.8) is 0 Å². The Morgan fingerprint density at radius 1 is 1.16 bits per heavy atom. The molecule has 8 nitrogen and oxygen atoms in total. The molecule has 0 amide bonds. The van der Waals surface area contributed by atoms with Gasteiger partial charge in [0.1, 0.15) is 17.3 Å². The van der Waals surface area contributed by atoms with Crippen LogP contribution in [0.25, 0.3) is 17.4 Å². The summed E-state index contributed by atoms with van der Waals surface area (Å²) in [7, 11) is 0. The molecule has 0 aliphatic carbocycles. The van der Waals surface area contributed by atoms with Gasteiger partial charge in [0, 0.05) is 17.8 Å². The number of aromatic nitrogens is 4. The van der Waals surface area contributed by atoms with Crippen molar-refractivity contribution in [2.24, 2.45) is 0 Å². The van der Waals surface area contributed by atoms with Gasteiger partial charge in [-0.3, -0.25) is 4.90 Å². The molecular weight excluding hydrogens is 392 g/mol. The summed E-state index contributed by atoms with van der Waals surface area (Å²) in [6.07, 6.45) is 6.72. The predicted molar refractivity (Wildman–Crippen MR) is 118 cm³/mol. The number of hydrogen-bond acceptors (Lipinski definition) is 7. The molecule has 0 saturated carbocycles. The van der Waals surface area contributed by atoms with Crippen molar-refractivity contribution in [1.82, 2.24) is 24.5 Å². The van der Waals surface area contributed by atoms with E-state index in [1.165, 1.54) is 25.7 Å². The van der Waals surface area contributed by atoms with Crippen molar-refractivity contribution in [2.75, 3.05) is 11.9 Å².